The van der Waals surface area contributed by atoms with Crippen molar-refractivity contribution in [3.63, 3.8) is 0 Å². The van der Waals surface area contributed by atoms with Crippen LogP contribution in [0.3, 0.4) is 0 Å². The summed E-state index contributed by atoms with van der Waals surface area (Å²) < 4.78 is 47.1. The van der Waals surface area contributed by atoms with E-state index in [0.29, 0.717) is 43.5 Å². The zero-order valence-corrected chi connectivity index (χ0v) is 17.5. The standard InChI is InChI=1S/C22H27F3N4O2/c1-14-3-2-4-16(11-14)21(30)27-20-6-5-17(13-26-20)29-19(22(23,24)25)12-18(28-29)15-7-9-31-10-8-15/h5-6,12-16H,2-4,7-11H2,1H3,(H,26,27,30). The lowest BCUT2D eigenvalue weighted by Gasteiger charge is -2.25. The number of alkyl halides is 3. The maximum atomic E-state index is 13.6. The van der Waals surface area contributed by atoms with E-state index in [9.17, 15) is 18.0 Å². The Morgan fingerprint density at radius 1 is 1.19 bits per heavy atom. The average molecular weight is 436 g/mol. The molecule has 2 aliphatic rings. The molecule has 4 rings (SSSR count). The Morgan fingerprint density at radius 3 is 2.61 bits per heavy atom. The van der Waals surface area contributed by atoms with Crippen molar-refractivity contribution < 1.29 is 22.7 Å². The number of pyridine rings is 1. The minimum Gasteiger partial charge on any atom is -0.381 e. The number of hydrogen-bond donors (Lipinski definition) is 1. The van der Waals surface area contributed by atoms with Gasteiger partial charge in [-0.2, -0.15) is 18.3 Å². The first kappa shape index (κ1) is 21.8. The zero-order valence-electron chi connectivity index (χ0n) is 17.5. The summed E-state index contributed by atoms with van der Waals surface area (Å²) in [6.45, 7) is 3.19. The number of rotatable bonds is 4. The normalized spacial score (nSPS) is 23.0. The lowest BCUT2D eigenvalue weighted by Crippen LogP contribution is -2.27. The number of nitrogens with one attached hydrogen (secondary N) is 1. The minimum atomic E-state index is -4.54. The maximum Gasteiger partial charge on any atom is 0.433 e. The fourth-order valence-corrected chi connectivity index (χ4v) is 4.48. The van der Waals surface area contributed by atoms with Gasteiger partial charge < -0.3 is 10.1 Å². The summed E-state index contributed by atoms with van der Waals surface area (Å²) in [5, 5.41) is 7.05. The van der Waals surface area contributed by atoms with Crippen molar-refractivity contribution in [3.8, 4) is 5.69 Å². The molecule has 1 aliphatic heterocycles. The highest BCUT2D eigenvalue weighted by molar-refractivity contribution is 5.91. The van der Waals surface area contributed by atoms with E-state index in [-0.39, 0.29) is 23.4 Å². The largest absolute Gasteiger partial charge is 0.433 e. The quantitative estimate of drug-likeness (QED) is 0.737. The van der Waals surface area contributed by atoms with Gasteiger partial charge in [-0.05, 0) is 49.8 Å². The van der Waals surface area contributed by atoms with E-state index in [1.165, 1.54) is 18.3 Å². The fourth-order valence-electron chi connectivity index (χ4n) is 4.48. The van der Waals surface area contributed by atoms with Crippen LogP contribution in [0.5, 0.6) is 0 Å². The third-order valence-corrected chi connectivity index (χ3v) is 6.21. The molecule has 1 saturated carbocycles. The monoisotopic (exact) mass is 436 g/mol. The molecule has 31 heavy (non-hydrogen) atoms. The molecule has 2 fully saturated rings. The Balaban J connectivity index is 1.52. The van der Waals surface area contributed by atoms with Gasteiger partial charge in [0.1, 0.15) is 11.5 Å². The van der Waals surface area contributed by atoms with Gasteiger partial charge in [-0.1, -0.05) is 19.8 Å². The lowest BCUT2D eigenvalue weighted by molar-refractivity contribution is -0.142. The number of amides is 1. The molecule has 0 aromatic carbocycles. The van der Waals surface area contributed by atoms with Crippen LogP contribution in [0.1, 0.15) is 62.8 Å². The van der Waals surface area contributed by atoms with Gasteiger partial charge in [0.25, 0.3) is 0 Å². The molecule has 9 heteroatoms. The molecular weight excluding hydrogens is 409 g/mol. The van der Waals surface area contributed by atoms with Crippen LogP contribution in [0.25, 0.3) is 5.69 Å². The van der Waals surface area contributed by atoms with Crippen molar-refractivity contribution in [3.05, 3.63) is 35.8 Å². The van der Waals surface area contributed by atoms with Crippen molar-refractivity contribution in [1.29, 1.82) is 0 Å². The second kappa shape index (κ2) is 8.98. The van der Waals surface area contributed by atoms with Gasteiger partial charge in [-0.15, -0.1) is 0 Å². The van der Waals surface area contributed by atoms with Crippen LogP contribution < -0.4 is 5.32 Å². The smallest absolute Gasteiger partial charge is 0.381 e. The topological polar surface area (TPSA) is 69.0 Å². The molecular formula is C22H27F3N4O2. The molecule has 0 bridgehead atoms. The molecule has 1 saturated heterocycles. The Morgan fingerprint density at radius 2 is 1.97 bits per heavy atom. The second-order valence-corrected chi connectivity index (χ2v) is 8.61. The van der Waals surface area contributed by atoms with E-state index in [1.807, 2.05) is 0 Å². The number of hydrogen-bond acceptors (Lipinski definition) is 4. The Bertz CT molecular complexity index is 904. The van der Waals surface area contributed by atoms with Crippen LogP contribution in [-0.2, 0) is 15.7 Å². The van der Waals surface area contributed by atoms with Crippen LogP contribution in [0.2, 0.25) is 0 Å². The highest BCUT2D eigenvalue weighted by Crippen LogP contribution is 2.35. The molecule has 2 aromatic heterocycles. The molecule has 3 heterocycles. The van der Waals surface area contributed by atoms with E-state index in [4.69, 9.17) is 4.74 Å². The molecule has 2 aromatic rings. The lowest BCUT2D eigenvalue weighted by atomic mass is 9.82. The van der Waals surface area contributed by atoms with Gasteiger partial charge in [0, 0.05) is 25.0 Å². The second-order valence-electron chi connectivity index (χ2n) is 8.61. The summed E-state index contributed by atoms with van der Waals surface area (Å²) >= 11 is 0. The number of aromatic nitrogens is 3. The fraction of sp³-hybridized carbons (Fsp3) is 0.591. The predicted molar refractivity (Wildman–Crippen MR) is 109 cm³/mol. The predicted octanol–water partition coefficient (Wildman–Crippen LogP) is 4.94. The van der Waals surface area contributed by atoms with Crippen LogP contribution in [0.4, 0.5) is 19.0 Å². The van der Waals surface area contributed by atoms with Crippen LogP contribution in [-0.4, -0.2) is 33.9 Å². The summed E-state index contributed by atoms with van der Waals surface area (Å²) in [4.78, 5) is 16.7. The average Bonchev–Trinajstić information content (AvgIpc) is 3.21. The SMILES string of the molecule is CC1CCCC(C(=O)Nc2ccc(-n3nc(C4CCOCC4)cc3C(F)(F)F)cn2)C1. The van der Waals surface area contributed by atoms with Crippen molar-refractivity contribution >= 4 is 11.7 Å². The molecule has 1 N–H and O–H groups in total. The van der Waals surface area contributed by atoms with Crippen molar-refractivity contribution in [2.75, 3.05) is 18.5 Å². The molecule has 1 aliphatic carbocycles. The van der Waals surface area contributed by atoms with Gasteiger partial charge in [0.05, 0.1) is 17.6 Å². The van der Waals surface area contributed by atoms with Crippen molar-refractivity contribution in [2.24, 2.45) is 11.8 Å². The highest BCUT2D eigenvalue weighted by atomic mass is 19.4. The number of halogens is 3. The molecule has 2 atom stereocenters. The highest BCUT2D eigenvalue weighted by Gasteiger charge is 2.37. The number of carbonyl (C=O) groups is 1. The van der Waals surface area contributed by atoms with Crippen LogP contribution in [0.15, 0.2) is 24.4 Å². The minimum absolute atomic E-state index is 0.0461. The number of ether oxygens (including phenoxy) is 1. The van der Waals surface area contributed by atoms with E-state index in [0.717, 1.165) is 36.4 Å². The third-order valence-electron chi connectivity index (χ3n) is 6.21. The molecule has 0 radical (unpaired) electrons. The summed E-state index contributed by atoms with van der Waals surface area (Å²) in [7, 11) is 0. The van der Waals surface area contributed by atoms with Crippen LogP contribution >= 0.6 is 0 Å². The van der Waals surface area contributed by atoms with Crippen molar-refractivity contribution in [2.45, 2.75) is 57.5 Å². The first-order valence-electron chi connectivity index (χ1n) is 10.8. The molecule has 0 spiro atoms. The van der Waals surface area contributed by atoms with Gasteiger partial charge in [0.15, 0.2) is 0 Å². The Kier molecular flexibility index (Phi) is 6.31. The van der Waals surface area contributed by atoms with Gasteiger partial charge in [0.2, 0.25) is 5.91 Å². The summed E-state index contributed by atoms with van der Waals surface area (Å²) in [5.41, 5.74) is -0.210. The zero-order chi connectivity index (χ0) is 22.0. The summed E-state index contributed by atoms with van der Waals surface area (Å²) in [5.74, 6) is 0.669. The van der Waals surface area contributed by atoms with Crippen molar-refractivity contribution in [1.82, 2.24) is 14.8 Å². The molecule has 1 amide bonds. The summed E-state index contributed by atoms with van der Waals surface area (Å²) in [6, 6.07) is 4.15. The molecule has 6 nitrogen and oxygen atoms in total. The first-order chi connectivity index (χ1) is 14.8. The maximum absolute atomic E-state index is 13.6. The Labute approximate surface area is 179 Å². The number of carbonyl (C=O) groups excluding carboxylic acids is 1. The van der Waals surface area contributed by atoms with E-state index < -0.39 is 11.9 Å². The van der Waals surface area contributed by atoms with Gasteiger partial charge in [-0.25, -0.2) is 9.67 Å². The van der Waals surface area contributed by atoms with Gasteiger partial charge in [-0.3, -0.25) is 4.79 Å². The van der Waals surface area contributed by atoms with E-state index >= 15 is 0 Å². The number of anilines is 1. The number of nitrogens with zero attached hydrogens (tertiary/aromatic N) is 3. The summed E-state index contributed by atoms with van der Waals surface area (Å²) in [6.07, 6.45) is 1.94. The Hall–Kier alpha value is -2.42. The first-order valence-corrected chi connectivity index (χ1v) is 10.8. The molecule has 2 unspecified atom stereocenters. The van der Waals surface area contributed by atoms with Crippen LogP contribution in [0, 0.1) is 11.8 Å². The molecule has 168 valence electrons. The van der Waals surface area contributed by atoms with E-state index in [2.05, 4.69) is 22.3 Å². The third kappa shape index (κ3) is 5.08. The van der Waals surface area contributed by atoms with Gasteiger partial charge >= 0.3 is 6.18 Å². The van der Waals surface area contributed by atoms with E-state index in [1.54, 1.807) is 0 Å².